The van der Waals surface area contributed by atoms with Crippen LogP contribution in [0.3, 0.4) is 0 Å². The Balaban J connectivity index is 1.24. The van der Waals surface area contributed by atoms with Gasteiger partial charge in [-0.25, -0.2) is 0 Å². The minimum absolute atomic E-state index is 0.121. The van der Waals surface area contributed by atoms with Crippen LogP contribution in [-0.4, -0.2) is 57.8 Å². The molecule has 1 aromatic carbocycles. The number of thiophene rings is 1. The zero-order chi connectivity index (χ0) is 20.9. The molecule has 3 heterocycles. The zero-order valence-corrected chi connectivity index (χ0v) is 18.9. The predicted molar refractivity (Wildman–Crippen MR) is 121 cm³/mol. The topological polar surface area (TPSA) is 62.5 Å². The highest BCUT2D eigenvalue weighted by Crippen LogP contribution is 2.25. The maximum atomic E-state index is 12.6. The van der Waals surface area contributed by atoms with E-state index in [9.17, 15) is 4.79 Å². The summed E-state index contributed by atoms with van der Waals surface area (Å²) >= 11 is 3.03. The quantitative estimate of drug-likeness (QED) is 0.507. The normalized spacial score (nSPS) is 15.1. The maximum Gasteiger partial charge on any atom is 0.277 e. The Kier molecular flexibility index (Phi) is 6.86. The van der Waals surface area contributed by atoms with Crippen LogP contribution in [-0.2, 0) is 11.3 Å². The van der Waals surface area contributed by atoms with E-state index >= 15 is 0 Å². The van der Waals surface area contributed by atoms with Gasteiger partial charge in [0.2, 0.25) is 11.8 Å². The molecule has 0 bridgehead atoms. The minimum Gasteiger partial charge on any atom is -0.411 e. The van der Waals surface area contributed by atoms with Gasteiger partial charge >= 0.3 is 0 Å². The fraction of sp³-hybridized carbons (Fsp3) is 0.409. The summed E-state index contributed by atoms with van der Waals surface area (Å²) in [6.45, 7) is 8.63. The molecule has 3 aromatic rings. The van der Waals surface area contributed by atoms with Gasteiger partial charge in [0.15, 0.2) is 0 Å². The Morgan fingerprint density at radius 2 is 1.90 bits per heavy atom. The first-order valence-electron chi connectivity index (χ1n) is 10.2. The van der Waals surface area contributed by atoms with Gasteiger partial charge in [0.25, 0.3) is 5.22 Å². The lowest BCUT2D eigenvalue weighted by Crippen LogP contribution is -2.48. The van der Waals surface area contributed by atoms with Crippen LogP contribution in [0, 0.1) is 0 Å². The zero-order valence-electron chi connectivity index (χ0n) is 17.3. The van der Waals surface area contributed by atoms with E-state index in [-0.39, 0.29) is 5.91 Å². The molecule has 0 radical (unpaired) electrons. The molecule has 158 valence electrons. The van der Waals surface area contributed by atoms with Crippen molar-refractivity contribution in [3.8, 4) is 11.5 Å². The van der Waals surface area contributed by atoms with Crippen molar-refractivity contribution in [2.45, 2.75) is 31.5 Å². The fourth-order valence-electron chi connectivity index (χ4n) is 3.41. The van der Waals surface area contributed by atoms with Gasteiger partial charge in [-0.05, 0) is 46.0 Å². The summed E-state index contributed by atoms with van der Waals surface area (Å²) in [6, 6.07) is 10.3. The van der Waals surface area contributed by atoms with Gasteiger partial charge in [-0.2, -0.15) is 11.3 Å². The Morgan fingerprint density at radius 1 is 1.13 bits per heavy atom. The van der Waals surface area contributed by atoms with Gasteiger partial charge in [0.1, 0.15) is 0 Å². The number of carbonyl (C=O) groups excluding carboxylic acids is 1. The third kappa shape index (κ3) is 5.30. The van der Waals surface area contributed by atoms with Crippen molar-refractivity contribution in [3.05, 3.63) is 52.2 Å². The number of hydrogen-bond donors (Lipinski definition) is 0. The van der Waals surface area contributed by atoms with E-state index in [1.165, 1.54) is 22.9 Å². The average molecular weight is 443 g/mol. The van der Waals surface area contributed by atoms with Crippen LogP contribution in [0.4, 0.5) is 0 Å². The van der Waals surface area contributed by atoms with E-state index in [2.05, 4.69) is 57.9 Å². The number of amides is 1. The summed E-state index contributed by atoms with van der Waals surface area (Å²) in [5.74, 6) is 1.41. The van der Waals surface area contributed by atoms with E-state index in [4.69, 9.17) is 4.42 Å². The summed E-state index contributed by atoms with van der Waals surface area (Å²) in [6.07, 6.45) is 0. The number of piperazine rings is 1. The van der Waals surface area contributed by atoms with Crippen molar-refractivity contribution in [2.24, 2.45) is 0 Å². The Bertz CT molecular complexity index is 946. The second-order valence-electron chi connectivity index (χ2n) is 7.73. The maximum absolute atomic E-state index is 12.6. The molecular formula is C22H26N4O2S2. The number of aromatic nitrogens is 2. The molecule has 0 N–H and O–H groups in total. The first-order valence-corrected chi connectivity index (χ1v) is 12.1. The number of carbonyl (C=O) groups is 1. The summed E-state index contributed by atoms with van der Waals surface area (Å²) in [5.41, 5.74) is 3.52. The lowest BCUT2D eigenvalue weighted by molar-refractivity contribution is -0.130. The molecular weight excluding hydrogens is 416 g/mol. The molecule has 1 aliphatic rings. The van der Waals surface area contributed by atoms with Crippen molar-refractivity contribution < 1.29 is 9.21 Å². The van der Waals surface area contributed by atoms with Crippen LogP contribution >= 0.6 is 23.1 Å². The molecule has 4 rings (SSSR count). The molecule has 6 nitrogen and oxygen atoms in total. The number of nitrogens with zero attached hydrogens (tertiary/aromatic N) is 4. The van der Waals surface area contributed by atoms with Crippen LogP contribution < -0.4 is 0 Å². The molecule has 8 heteroatoms. The van der Waals surface area contributed by atoms with Crippen molar-refractivity contribution in [1.29, 1.82) is 0 Å². The van der Waals surface area contributed by atoms with Crippen LogP contribution in [0.2, 0.25) is 0 Å². The molecule has 1 amide bonds. The van der Waals surface area contributed by atoms with Gasteiger partial charge in [-0.15, -0.1) is 10.2 Å². The molecule has 0 saturated carbocycles. The van der Waals surface area contributed by atoms with E-state index < -0.39 is 0 Å². The molecule has 0 spiro atoms. The van der Waals surface area contributed by atoms with Crippen LogP contribution in [0.25, 0.3) is 11.5 Å². The molecule has 0 unspecified atom stereocenters. The monoisotopic (exact) mass is 442 g/mol. The lowest BCUT2D eigenvalue weighted by atomic mass is 10.0. The Morgan fingerprint density at radius 3 is 2.57 bits per heavy atom. The van der Waals surface area contributed by atoms with Crippen LogP contribution in [0.1, 0.15) is 30.9 Å². The molecule has 2 aromatic heterocycles. The smallest absolute Gasteiger partial charge is 0.277 e. The van der Waals surface area contributed by atoms with E-state index in [0.717, 1.165) is 38.3 Å². The van der Waals surface area contributed by atoms with Crippen LogP contribution in [0.5, 0.6) is 0 Å². The Labute approximate surface area is 185 Å². The lowest BCUT2D eigenvalue weighted by Gasteiger charge is -2.34. The summed E-state index contributed by atoms with van der Waals surface area (Å²) in [4.78, 5) is 16.9. The average Bonchev–Trinajstić information content (AvgIpc) is 3.45. The largest absolute Gasteiger partial charge is 0.411 e. The van der Waals surface area contributed by atoms with Crippen molar-refractivity contribution in [2.75, 3.05) is 31.9 Å². The fourth-order valence-corrected chi connectivity index (χ4v) is 4.73. The molecule has 1 fully saturated rings. The van der Waals surface area contributed by atoms with Gasteiger partial charge in [0, 0.05) is 38.3 Å². The summed E-state index contributed by atoms with van der Waals surface area (Å²) < 4.78 is 5.75. The van der Waals surface area contributed by atoms with E-state index in [0.29, 0.717) is 22.8 Å². The van der Waals surface area contributed by atoms with Crippen molar-refractivity contribution in [1.82, 2.24) is 20.0 Å². The van der Waals surface area contributed by atoms with Gasteiger partial charge in [0.05, 0.1) is 5.75 Å². The van der Waals surface area contributed by atoms with E-state index in [1.54, 1.807) is 11.3 Å². The van der Waals surface area contributed by atoms with E-state index in [1.807, 2.05) is 17.0 Å². The minimum atomic E-state index is 0.121. The molecule has 0 aliphatic carbocycles. The third-order valence-electron chi connectivity index (χ3n) is 5.26. The number of hydrogen-bond acceptors (Lipinski definition) is 7. The number of rotatable bonds is 7. The molecule has 0 atom stereocenters. The first-order chi connectivity index (χ1) is 14.6. The van der Waals surface area contributed by atoms with Gasteiger partial charge in [-0.3, -0.25) is 9.69 Å². The van der Waals surface area contributed by atoms with Gasteiger partial charge < -0.3 is 9.32 Å². The summed E-state index contributed by atoms with van der Waals surface area (Å²) in [5, 5.41) is 12.9. The van der Waals surface area contributed by atoms with Crippen molar-refractivity contribution >= 4 is 29.0 Å². The number of benzene rings is 1. The summed E-state index contributed by atoms with van der Waals surface area (Å²) in [7, 11) is 0. The predicted octanol–water partition coefficient (Wildman–Crippen LogP) is 4.36. The second-order valence-corrected chi connectivity index (χ2v) is 9.43. The number of thioether (sulfide) groups is 1. The highest BCUT2D eigenvalue weighted by molar-refractivity contribution is 7.99. The SMILES string of the molecule is CC(C)c1ccc(-c2nnc(SCC(=O)N3CCN(Cc4ccsc4)CC3)o2)cc1. The Hall–Kier alpha value is -2.16. The van der Waals surface area contributed by atoms with Crippen molar-refractivity contribution in [3.63, 3.8) is 0 Å². The second kappa shape index (κ2) is 9.76. The molecule has 30 heavy (non-hydrogen) atoms. The molecule has 1 aliphatic heterocycles. The highest BCUT2D eigenvalue weighted by atomic mass is 32.2. The molecule has 1 saturated heterocycles. The van der Waals surface area contributed by atoms with Crippen LogP contribution in [0.15, 0.2) is 50.7 Å². The first kappa shape index (κ1) is 21.1. The standard InChI is InChI=1S/C22H26N4O2S2/c1-16(2)18-3-5-19(6-4-18)21-23-24-22(28-21)30-15-20(27)26-10-8-25(9-11-26)13-17-7-12-29-14-17/h3-7,12,14,16H,8-11,13,15H2,1-2H3. The highest BCUT2D eigenvalue weighted by Gasteiger charge is 2.22. The van der Waals surface area contributed by atoms with Gasteiger partial charge in [-0.1, -0.05) is 37.7 Å². The third-order valence-corrected chi connectivity index (χ3v) is 6.80.